The summed E-state index contributed by atoms with van der Waals surface area (Å²) in [4.78, 5) is 19.8. The fraction of sp³-hybridized carbons (Fsp3) is 0.300. The summed E-state index contributed by atoms with van der Waals surface area (Å²) >= 11 is 0. The molecule has 2 N–H and O–H groups in total. The molecule has 0 aliphatic carbocycles. The van der Waals surface area contributed by atoms with E-state index in [0.717, 1.165) is 29.7 Å². The van der Waals surface area contributed by atoms with Crippen molar-refractivity contribution >= 4 is 16.8 Å². The van der Waals surface area contributed by atoms with Gasteiger partial charge in [0.2, 0.25) is 5.91 Å². The number of rotatable bonds is 8. The Labute approximate surface area is 147 Å². The van der Waals surface area contributed by atoms with E-state index in [2.05, 4.69) is 27.4 Å². The molecule has 0 saturated heterocycles. The van der Waals surface area contributed by atoms with Crippen molar-refractivity contribution in [3.8, 4) is 11.4 Å². The third-order valence-electron chi connectivity index (χ3n) is 4.19. The van der Waals surface area contributed by atoms with Crippen molar-refractivity contribution < 1.29 is 9.53 Å². The van der Waals surface area contributed by atoms with Crippen molar-refractivity contribution in [2.24, 2.45) is 0 Å². The highest BCUT2D eigenvalue weighted by Gasteiger charge is 2.14. The molecule has 5 nitrogen and oxygen atoms in total. The van der Waals surface area contributed by atoms with Gasteiger partial charge >= 0.3 is 0 Å². The lowest BCUT2D eigenvalue weighted by Gasteiger charge is -2.06. The minimum atomic E-state index is 0.0660. The molecular formula is C20H23N3O2. The Kier molecular flexibility index (Phi) is 5.80. The van der Waals surface area contributed by atoms with Gasteiger partial charge in [-0.1, -0.05) is 24.3 Å². The second kappa shape index (κ2) is 8.44. The highest BCUT2D eigenvalue weighted by molar-refractivity contribution is 5.90. The summed E-state index contributed by atoms with van der Waals surface area (Å²) in [6.45, 7) is 1.10. The number of hydrogen-bond donors (Lipinski definition) is 2. The number of aromatic nitrogens is 2. The molecule has 0 aliphatic rings. The summed E-state index contributed by atoms with van der Waals surface area (Å²) in [5, 5.41) is 4.06. The number of fused-ring (bicyclic) bond motifs is 1. The number of hydrogen-bond acceptors (Lipinski definition) is 3. The van der Waals surface area contributed by atoms with Crippen molar-refractivity contribution in [1.82, 2.24) is 15.3 Å². The van der Waals surface area contributed by atoms with Crippen molar-refractivity contribution in [1.29, 1.82) is 0 Å². The van der Waals surface area contributed by atoms with Crippen molar-refractivity contribution in [3.05, 3.63) is 54.2 Å². The number of amides is 1. The average Bonchev–Trinajstić information content (AvgIpc) is 3.02. The van der Waals surface area contributed by atoms with Gasteiger partial charge in [-0.05, 0) is 36.6 Å². The van der Waals surface area contributed by atoms with E-state index in [1.54, 1.807) is 13.3 Å². The summed E-state index contributed by atoms with van der Waals surface area (Å²) in [6, 6.07) is 14.2. The van der Waals surface area contributed by atoms with E-state index in [0.29, 0.717) is 19.6 Å². The summed E-state index contributed by atoms with van der Waals surface area (Å²) in [6.07, 6.45) is 3.92. The average molecular weight is 337 g/mol. The molecule has 2 heterocycles. The van der Waals surface area contributed by atoms with Gasteiger partial charge in [-0.2, -0.15) is 0 Å². The Morgan fingerprint density at radius 1 is 1.20 bits per heavy atom. The number of nitrogens with one attached hydrogen (secondary N) is 2. The predicted molar refractivity (Wildman–Crippen MR) is 99.4 cm³/mol. The van der Waals surface area contributed by atoms with Crippen LogP contribution < -0.4 is 5.32 Å². The minimum absolute atomic E-state index is 0.0660. The highest BCUT2D eigenvalue weighted by atomic mass is 16.5. The molecule has 0 aliphatic heterocycles. The van der Waals surface area contributed by atoms with Crippen LogP contribution in [0.1, 0.15) is 18.4 Å². The number of benzene rings is 1. The minimum Gasteiger partial charge on any atom is -0.383 e. The first-order chi connectivity index (χ1) is 12.3. The number of aryl methyl sites for hydroxylation is 1. The molecule has 0 atom stereocenters. The van der Waals surface area contributed by atoms with E-state index in [-0.39, 0.29) is 5.91 Å². The highest BCUT2D eigenvalue weighted by Crippen LogP contribution is 2.30. The Morgan fingerprint density at radius 2 is 2.04 bits per heavy atom. The molecule has 3 rings (SSSR count). The fourth-order valence-corrected chi connectivity index (χ4v) is 3.00. The molecule has 2 aromatic heterocycles. The summed E-state index contributed by atoms with van der Waals surface area (Å²) in [5.41, 5.74) is 4.29. The number of ether oxygens (including phenoxy) is 1. The molecule has 1 amide bonds. The van der Waals surface area contributed by atoms with Gasteiger partial charge in [-0.3, -0.25) is 9.78 Å². The largest absolute Gasteiger partial charge is 0.383 e. The molecule has 3 aromatic rings. The monoisotopic (exact) mass is 337 g/mol. The van der Waals surface area contributed by atoms with E-state index in [1.807, 2.05) is 30.3 Å². The molecule has 0 radical (unpaired) electrons. The zero-order chi connectivity index (χ0) is 17.5. The summed E-state index contributed by atoms with van der Waals surface area (Å²) in [5.74, 6) is 0.0660. The number of H-pyrrole nitrogens is 1. The standard InChI is InChI=1S/C20H23N3O2/c1-25-14-13-22-19(24)11-6-8-16-15-7-2-3-9-17(15)23-20(16)18-10-4-5-12-21-18/h2-5,7,9-10,12,23H,6,8,11,13-14H2,1H3,(H,22,24). The first-order valence-electron chi connectivity index (χ1n) is 8.56. The van der Waals surface area contributed by atoms with Crippen LogP contribution in [0.15, 0.2) is 48.7 Å². The molecule has 0 saturated carbocycles. The molecule has 0 fully saturated rings. The fourth-order valence-electron chi connectivity index (χ4n) is 3.00. The topological polar surface area (TPSA) is 67.0 Å². The predicted octanol–water partition coefficient (Wildman–Crippen LogP) is 3.32. The van der Waals surface area contributed by atoms with Crippen molar-refractivity contribution in [2.75, 3.05) is 20.3 Å². The van der Waals surface area contributed by atoms with Crippen molar-refractivity contribution in [3.63, 3.8) is 0 Å². The van der Waals surface area contributed by atoms with Gasteiger partial charge in [0.05, 0.1) is 18.0 Å². The smallest absolute Gasteiger partial charge is 0.220 e. The quantitative estimate of drug-likeness (QED) is 0.620. The zero-order valence-corrected chi connectivity index (χ0v) is 14.4. The SMILES string of the molecule is COCCNC(=O)CCCc1c(-c2ccccn2)[nH]c2ccccc12. The van der Waals surface area contributed by atoms with Crippen LogP contribution in [-0.2, 0) is 16.0 Å². The molecular weight excluding hydrogens is 314 g/mol. The first-order valence-corrected chi connectivity index (χ1v) is 8.56. The van der Waals surface area contributed by atoms with Crippen LogP contribution in [0.2, 0.25) is 0 Å². The number of carbonyl (C=O) groups is 1. The third kappa shape index (κ3) is 4.25. The van der Waals surface area contributed by atoms with Gasteiger partial charge in [0.1, 0.15) is 0 Å². The number of carbonyl (C=O) groups excluding carboxylic acids is 1. The van der Waals surface area contributed by atoms with E-state index in [1.165, 1.54) is 10.9 Å². The van der Waals surface area contributed by atoms with E-state index < -0.39 is 0 Å². The van der Waals surface area contributed by atoms with Crippen LogP contribution >= 0.6 is 0 Å². The maximum Gasteiger partial charge on any atom is 0.220 e. The number of nitrogens with zero attached hydrogens (tertiary/aromatic N) is 1. The number of pyridine rings is 1. The summed E-state index contributed by atoms with van der Waals surface area (Å²) < 4.78 is 4.94. The Morgan fingerprint density at radius 3 is 2.84 bits per heavy atom. The van der Waals surface area contributed by atoms with Gasteiger partial charge in [-0.15, -0.1) is 0 Å². The molecule has 25 heavy (non-hydrogen) atoms. The van der Waals surface area contributed by atoms with E-state index in [9.17, 15) is 4.79 Å². The maximum absolute atomic E-state index is 11.9. The van der Waals surface area contributed by atoms with Crippen LogP contribution in [0.3, 0.4) is 0 Å². The van der Waals surface area contributed by atoms with Crippen molar-refractivity contribution in [2.45, 2.75) is 19.3 Å². The molecule has 130 valence electrons. The van der Waals surface area contributed by atoms with Crippen LogP contribution in [0.25, 0.3) is 22.3 Å². The van der Waals surface area contributed by atoms with Crippen LogP contribution in [0.5, 0.6) is 0 Å². The molecule has 0 spiro atoms. The van der Waals surface area contributed by atoms with Crippen LogP contribution in [-0.4, -0.2) is 36.1 Å². The Balaban J connectivity index is 1.75. The number of aromatic amines is 1. The lowest BCUT2D eigenvalue weighted by molar-refractivity contribution is -0.121. The normalized spacial score (nSPS) is 10.9. The second-order valence-corrected chi connectivity index (χ2v) is 5.94. The lowest BCUT2D eigenvalue weighted by atomic mass is 10.0. The molecule has 5 heteroatoms. The molecule has 0 bridgehead atoms. The molecule has 1 aromatic carbocycles. The van der Waals surface area contributed by atoms with Crippen LogP contribution in [0, 0.1) is 0 Å². The van der Waals surface area contributed by atoms with E-state index in [4.69, 9.17) is 4.74 Å². The Bertz CT molecular complexity index is 827. The second-order valence-electron chi connectivity index (χ2n) is 5.94. The Hall–Kier alpha value is -2.66. The first kappa shape index (κ1) is 17.2. The van der Waals surface area contributed by atoms with Gasteiger partial charge in [0.25, 0.3) is 0 Å². The lowest BCUT2D eigenvalue weighted by Crippen LogP contribution is -2.26. The zero-order valence-electron chi connectivity index (χ0n) is 14.4. The third-order valence-corrected chi connectivity index (χ3v) is 4.19. The number of methoxy groups -OCH3 is 1. The number of para-hydroxylation sites is 1. The van der Waals surface area contributed by atoms with Gasteiger partial charge in [0.15, 0.2) is 0 Å². The maximum atomic E-state index is 11.9. The van der Waals surface area contributed by atoms with Gasteiger partial charge in [0, 0.05) is 37.2 Å². The molecule has 0 unspecified atom stereocenters. The van der Waals surface area contributed by atoms with Gasteiger partial charge < -0.3 is 15.0 Å². The summed E-state index contributed by atoms with van der Waals surface area (Å²) in [7, 11) is 1.63. The van der Waals surface area contributed by atoms with E-state index >= 15 is 0 Å². The van der Waals surface area contributed by atoms with Crippen LogP contribution in [0.4, 0.5) is 0 Å². The van der Waals surface area contributed by atoms with Gasteiger partial charge in [-0.25, -0.2) is 0 Å².